The molecule has 0 aliphatic heterocycles. The zero-order chi connectivity index (χ0) is 23.3. The SMILES string of the molecule is Cc1cccc(C(CC(=O)O)C(NC(=O)c2ccccc2)(C(=O)O)c2cccc(C)c2)c1. The summed E-state index contributed by atoms with van der Waals surface area (Å²) in [6.45, 7) is 3.66. The molecule has 2 atom stereocenters. The Morgan fingerprint density at radius 2 is 1.47 bits per heavy atom. The fraction of sp³-hybridized carbons (Fsp3) is 0.192. The van der Waals surface area contributed by atoms with Crippen LogP contribution >= 0.6 is 0 Å². The standard InChI is InChI=1S/C26H25NO5/c1-17-8-6-12-20(14-17)22(16-23(28)29)26(25(31)32,21-13-7-9-18(2)15-21)27-24(30)19-10-4-3-5-11-19/h3-15,22H,16H2,1-2H3,(H,27,30)(H,28,29)(H,31,32). The molecule has 2 unspecified atom stereocenters. The summed E-state index contributed by atoms with van der Waals surface area (Å²) in [5, 5.41) is 23.0. The van der Waals surface area contributed by atoms with E-state index in [9.17, 15) is 24.6 Å². The second-order valence-electron chi connectivity index (χ2n) is 7.87. The second kappa shape index (κ2) is 9.47. The summed E-state index contributed by atoms with van der Waals surface area (Å²) in [5.41, 5.74) is 0.748. The van der Waals surface area contributed by atoms with Gasteiger partial charge in [-0.25, -0.2) is 4.79 Å². The van der Waals surface area contributed by atoms with E-state index >= 15 is 0 Å². The van der Waals surface area contributed by atoms with E-state index in [1.807, 2.05) is 26.0 Å². The van der Waals surface area contributed by atoms with Crippen LogP contribution in [0.25, 0.3) is 0 Å². The average Bonchev–Trinajstić information content (AvgIpc) is 2.76. The molecule has 6 nitrogen and oxygen atoms in total. The number of carboxylic acids is 2. The molecule has 0 spiro atoms. The Kier molecular flexibility index (Phi) is 6.73. The number of carbonyl (C=O) groups is 3. The summed E-state index contributed by atoms with van der Waals surface area (Å²) in [7, 11) is 0. The van der Waals surface area contributed by atoms with E-state index in [1.54, 1.807) is 66.7 Å². The lowest BCUT2D eigenvalue weighted by Gasteiger charge is -2.38. The Bertz CT molecular complexity index is 1140. The molecule has 0 bridgehead atoms. The molecule has 0 saturated heterocycles. The van der Waals surface area contributed by atoms with Crippen LogP contribution in [0, 0.1) is 13.8 Å². The molecule has 0 aliphatic rings. The van der Waals surface area contributed by atoms with Crippen LogP contribution < -0.4 is 5.32 Å². The van der Waals surface area contributed by atoms with Gasteiger partial charge in [0.1, 0.15) is 0 Å². The molecular formula is C26H25NO5. The van der Waals surface area contributed by atoms with Gasteiger partial charge in [-0.3, -0.25) is 9.59 Å². The number of hydrogen-bond donors (Lipinski definition) is 3. The van der Waals surface area contributed by atoms with Gasteiger partial charge in [0.05, 0.1) is 6.42 Å². The lowest BCUT2D eigenvalue weighted by Crippen LogP contribution is -2.56. The monoisotopic (exact) mass is 431 g/mol. The van der Waals surface area contributed by atoms with E-state index in [0.29, 0.717) is 11.1 Å². The first kappa shape index (κ1) is 22.7. The minimum atomic E-state index is -2.01. The maximum atomic E-state index is 13.2. The fourth-order valence-corrected chi connectivity index (χ4v) is 4.00. The molecule has 32 heavy (non-hydrogen) atoms. The maximum Gasteiger partial charge on any atom is 0.334 e. The van der Waals surface area contributed by atoms with E-state index in [2.05, 4.69) is 5.32 Å². The second-order valence-corrected chi connectivity index (χ2v) is 7.87. The zero-order valence-electron chi connectivity index (χ0n) is 17.9. The van der Waals surface area contributed by atoms with Crippen molar-refractivity contribution in [3.8, 4) is 0 Å². The van der Waals surface area contributed by atoms with Gasteiger partial charge < -0.3 is 15.5 Å². The van der Waals surface area contributed by atoms with Crippen molar-refractivity contribution in [3.63, 3.8) is 0 Å². The van der Waals surface area contributed by atoms with Gasteiger partial charge in [-0.1, -0.05) is 77.9 Å². The van der Waals surface area contributed by atoms with Gasteiger partial charge in [0.15, 0.2) is 5.54 Å². The van der Waals surface area contributed by atoms with Crippen molar-refractivity contribution < 1.29 is 24.6 Å². The van der Waals surface area contributed by atoms with E-state index < -0.39 is 35.7 Å². The summed E-state index contributed by atoms with van der Waals surface area (Å²) in [6.07, 6.45) is -0.487. The third-order valence-corrected chi connectivity index (χ3v) is 5.50. The third-order valence-electron chi connectivity index (χ3n) is 5.50. The van der Waals surface area contributed by atoms with Crippen LogP contribution in [0.2, 0.25) is 0 Å². The predicted octanol–water partition coefficient (Wildman–Crippen LogP) is 4.27. The van der Waals surface area contributed by atoms with Gasteiger partial charge >= 0.3 is 11.9 Å². The van der Waals surface area contributed by atoms with Crippen molar-refractivity contribution >= 4 is 17.8 Å². The molecule has 3 rings (SSSR count). The van der Waals surface area contributed by atoms with Crippen LogP contribution in [0.4, 0.5) is 0 Å². The number of amides is 1. The van der Waals surface area contributed by atoms with E-state index in [4.69, 9.17) is 0 Å². The van der Waals surface area contributed by atoms with Crippen molar-refractivity contribution in [2.45, 2.75) is 31.7 Å². The number of carbonyl (C=O) groups excluding carboxylic acids is 1. The highest BCUT2D eigenvalue weighted by Crippen LogP contribution is 2.41. The van der Waals surface area contributed by atoms with Crippen LogP contribution in [-0.2, 0) is 15.1 Å². The Labute approximate surface area is 186 Å². The lowest BCUT2D eigenvalue weighted by atomic mass is 9.72. The topological polar surface area (TPSA) is 104 Å². The Morgan fingerprint density at radius 1 is 0.844 bits per heavy atom. The Hall–Kier alpha value is -3.93. The maximum absolute atomic E-state index is 13.2. The van der Waals surface area contributed by atoms with E-state index in [1.165, 1.54) is 0 Å². The molecule has 0 aromatic heterocycles. The third kappa shape index (κ3) is 4.70. The van der Waals surface area contributed by atoms with Crippen LogP contribution in [0.5, 0.6) is 0 Å². The van der Waals surface area contributed by atoms with Crippen LogP contribution in [0.15, 0.2) is 78.9 Å². The average molecular weight is 431 g/mol. The highest BCUT2D eigenvalue weighted by molar-refractivity contribution is 5.99. The van der Waals surface area contributed by atoms with Crippen molar-refractivity contribution in [1.82, 2.24) is 5.32 Å². The number of hydrogen-bond acceptors (Lipinski definition) is 3. The predicted molar refractivity (Wildman–Crippen MR) is 121 cm³/mol. The molecule has 3 N–H and O–H groups in total. The smallest absolute Gasteiger partial charge is 0.334 e. The molecule has 6 heteroatoms. The normalized spacial score (nSPS) is 13.6. The number of aryl methyl sites for hydroxylation is 2. The van der Waals surface area contributed by atoms with Crippen LogP contribution in [-0.4, -0.2) is 28.1 Å². The zero-order valence-corrected chi connectivity index (χ0v) is 17.9. The summed E-state index contributed by atoms with van der Waals surface area (Å²) in [5.74, 6) is -4.16. The highest BCUT2D eigenvalue weighted by Gasteiger charge is 2.50. The molecule has 0 saturated carbocycles. The molecule has 3 aromatic carbocycles. The molecule has 0 aliphatic carbocycles. The Balaban J connectivity index is 2.28. The first-order valence-corrected chi connectivity index (χ1v) is 10.2. The molecule has 3 aromatic rings. The van der Waals surface area contributed by atoms with Crippen LogP contribution in [0.1, 0.15) is 45.0 Å². The van der Waals surface area contributed by atoms with Crippen molar-refractivity contribution in [2.24, 2.45) is 0 Å². The minimum Gasteiger partial charge on any atom is -0.481 e. The van der Waals surface area contributed by atoms with Crippen molar-refractivity contribution in [2.75, 3.05) is 0 Å². The van der Waals surface area contributed by atoms with Gasteiger partial charge in [-0.2, -0.15) is 0 Å². The quantitative estimate of drug-likeness (QED) is 0.494. The highest BCUT2D eigenvalue weighted by atomic mass is 16.4. The van der Waals surface area contributed by atoms with Crippen molar-refractivity contribution in [1.29, 1.82) is 0 Å². The molecule has 0 heterocycles. The van der Waals surface area contributed by atoms with Crippen molar-refractivity contribution in [3.05, 3.63) is 107 Å². The molecule has 0 fully saturated rings. The molecule has 164 valence electrons. The number of carboxylic acid groups (broad SMARTS) is 2. The van der Waals surface area contributed by atoms with Gasteiger partial charge in [0, 0.05) is 11.5 Å². The number of benzene rings is 3. The summed E-state index contributed by atoms with van der Waals surface area (Å²) >= 11 is 0. The van der Waals surface area contributed by atoms with Gasteiger partial charge in [-0.15, -0.1) is 0 Å². The molecular weight excluding hydrogens is 406 g/mol. The summed E-state index contributed by atoms with van der Waals surface area (Å²) in [4.78, 5) is 38.0. The number of rotatable bonds is 8. The first-order valence-electron chi connectivity index (χ1n) is 10.2. The van der Waals surface area contributed by atoms with Gasteiger partial charge in [0.2, 0.25) is 0 Å². The lowest BCUT2D eigenvalue weighted by molar-refractivity contribution is -0.147. The fourth-order valence-electron chi connectivity index (χ4n) is 4.00. The summed E-state index contributed by atoms with van der Waals surface area (Å²) in [6, 6.07) is 22.1. The molecule has 0 radical (unpaired) electrons. The van der Waals surface area contributed by atoms with E-state index in [0.717, 1.165) is 11.1 Å². The largest absolute Gasteiger partial charge is 0.481 e. The first-order chi connectivity index (χ1) is 15.2. The van der Waals surface area contributed by atoms with E-state index in [-0.39, 0.29) is 5.56 Å². The number of aliphatic carboxylic acids is 2. The minimum absolute atomic E-state index is 0.282. The van der Waals surface area contributed by atoms with Gasteiger partial charge in [-0.05, 0) is 37.1 Å². The Morgan fingerprint density at radius 3 is 2.03 bits per heavy atom. The number of nitrogens with one attached hydrogen (secondary N) is 1. The van der Waals surface area contributed by atoms with Crippen LogP contribution in [0.3, 0.4) is 0 Å². The van der Waals surface area contributed by atoms with Gasteiger partial charge in [0.25, 0.3) is 5.91 Å². The summed E-state index contributed by atoms with van der Waals surface area (Å²) < 4.78 is 0. The molecule has 1 amide bonds.